The number of hydrogen-bond acceptors (Lipinski definition) is 7. The number of carbonyl (C=O) groups is 2. The van der Waals surface area contributed by atoms with Crippen molar-refractivity contribution in [3.63, 3.8) is 0 Å². The molecule has 1 atom stereocenters. The van der Waals surface area contributed by atoms with E-state index < -0.39 is 27.7 Å². The molecule has 1 aliphatic rings. The van der Waals surface area contributed by atoms with E-state index in [1.165, 1.54) is 5.48 Å². The highest BCUT2D eigenvalue weighted by Crippen LogP contribution is 2.21. The minimum Gasteiger partial charge on any atom is -0.400 e. The first-order chi connectivity index (χ1) is 15.2. The van der Waals surface area contributed by atoms with Gasteiger partial charge in [-0.25, -0.2) is 13.9 Å². The van der Waals surface area contributed by atoms with Gasteiger partial charge in [0, 0.05) is 30.9 Å². The largest absolute Gasteiger partial charge is 0.400 e. The van der Waals surface area contributed by atoms with Gasteiger partial charge in [-0.3, -0.25) is 19.7 Å². The second-order valence-corrected chi connectivity index (χ2v) is 9.96. The Balaban J connectivity index is 1.62. The van der Waals surface area contributed by atoms with Gasteiger partial charge in [-0.05, 0) is 28.8 Å². The van der Waals surface area contributed by atoms with Crippen LogP contribution in [0.1, 0.15) is 15.9 Å². The van der Waals surface area contributed by atoms with Crippen LogP contribution in [0.2, 0.25) is 0 Å². The molecule has 0 saturated carbocycles. The third kappa shape index (κ3) is 5.94. The van der Waals surface area contributed by atoms with Gasteiger partial charge >= 0.3 is 0 Å². The minimum absolute atomic E-state index is 0.104. The molecule has 0 unspecified atom stereocenters. The first-order valence-electron chi connectivity index (χ1n) is 10.00. The molecule has 0 aromatic heterocycles. The zero-order valence-electron chi connectivity index (χ0n) is 17.5. The molecular formula is C22H26N4O5S. The summed E-state index contributed by atoms with van der Waals surface area (Å²) >= 11 is 0. The molecule has 2 aromatic rings. The van der Waals surface area contributed by atoms with Crippen LogP contribution in [0.15, 0.2) is 60.8 Å². The van der Waals surface area contributed by atoms with E-state index in [0.717, 1.165) is 16.7 Å². The number of carbonyl (C=O) groups excluding carboxylic acids is 2. The Morgan fingerprint density at radius 1 is 1.03 bits per heavy atom. The fraction of sp³-hybridized carbons (Fsp3) is 0.273. The number of hydrogen-bond donors (Lipinski definition) is 4. The summed E-state index contributed by atoms with van der Waals surface area (Å²) in [4.78, 5) is 26.1. The van der Waals surface area contributed by atoms with Gasteiger partial charge in [-0.2, -0.15) is 0 Å². The molecule has 9 nitrogen and oxygen atoms in total. The SMILES string of the molecule is C=C(N)[C@H](NC(=O)c1ccc(-c2ccc(CN3CCS(=O)(=O)CC3)cc2)cc1)C(=O)NO. The molecule has 0 radical (unpaired) electrons. The van der Waals surface area contributed by atoms with E-state index >= 15 is 0 Å². The average Bonchev–Trinajstić information content (AvgIpc) is 2.78. The number of nitrogens with one attached hydrogen (secondary N) is 2. The van der Waals surface area contributed by atoms with E-state index in [9.17, 15) is 18.0 Å². The maximum atomic E-state index is 12.4. The first-order valence-corrected chi connectivity index (χ1v) is 11.8. The van der Waals surface area contributed by atoms with Crippen LogP contribution in [0, 0.1) is 0 Å². The van der Waals surface area contributed by atoms with Crippen molar-refractivity contribution in [3.8, 4) is 11.1 Å². The van der Waals surface area contributed by atoms with E-state index in [1.54, 1.807) is 24.3 Å². The van der Waals surface area contributed by atoms with Gasteiger partial charge < -0.3 is 11.1 Å². The summed E-state index contributed by atoms with van der Waals surface area (Å²) in [6.45, 7) is 5.23. The maximum absolute atomic E-state index is 12.4. The third-order valence-corrected chi connectivity index (χ3v) is 6.91. The van der Waals surface area contributed by atoms with Gasteiger partial charge in [0.05, 0.1) is 11.5 Å². The molecule has 0 aliphatic carbocycles. The Bertz CT molecular complexity index is 1080. The van der Waals surface area contributed by atoms with Crippen LogP contribution in [0.4, 0.5) is 0 Å². The molecule has 170 valence electrons. The predicted molar refractivity (Wildman–Crippen MR) is 120 cm³/mol. The van der Waals surface area contributed by atoms with Gasteiger partial charge in [-0.15, -0.1) is 0 Å². The second kappa shape index (κ2) is 9.94. The van der Waals surface area contributed by atoms with Crippen molar-refractivity contribution in [2.24, 2.45) is 5.73 Å². The molecule has 1 saturated heterocycles. The highest BCUT2D eigenvalue weighted by molar-refractivity contribution is 7.91. The molecule has 0 spiro atoms. The number of hydroxylamine groups is 1. The summed E-state index contributed by atoms with van der Waals surface area (Å²) in [5.74, 6) is -1.00. The molecule has 2 aromatic carbocycles. The minimum atomic E-state index is -2.89. The fourth-order valence-corrected chi connectivity index (χ4v) is 4.67. The van der Waals surface area contributed by atoms with Gasteiger partial charge in [0.15, 0.2) is 9.84 Å². The Hall–Kier alpha value is -3.21. The second-order valence-electron chi connectivity index (χ2n) is 7.66. The van der Waals surface area contributed by atoms with E-state index in [1.807, 2.05) is 24.3 Å². The molecule has 2 amide bonds. The van der Waals surface area contributed by atoms with Crippen LogP contribution in [-0.4, -0.2) is 61.0 Å². The van der Waals surface area contributed by atoms with Crippen molar-refractivity contribution < 1.29 is 23.2 Å². The lowest BCUT2D eigenvalue weighted by Gasteiger charge is -2.26. The van der Waals surface area contributed by atoms with E-state index in [0.29, 0.717) is 25.2 Å². The summed E-state index contributed by atoms with van der Waals surface area (Å²) in [5, 5.41) is 11.2. The Morgan fingerprint density at radius 2 is 1.56 bits per heavy atom. The summed E-state index contributed by atoms with van der Waals surface area (Å²) in [7, 11) is -2.89. The molecule has 1 fully saturated rings. The van der Waals surface area contributed by atoms with Crippen molar-refractivity contribution in [3.05, 3.63) is 71.9 Å². The van der Waals surface area contributed by atoms with Gasteiger partial charge in [-0.1, -0.05) is 43.0 Å². The zero-order chi connectivity index (χ0) is 23.3. The van der Waals surface area contributed by atoms with Crippen molar-refractivity contribution in [2.45, 2.75) is 12.6 Å². The average molecular weight is 459 g/mol. The number of nitrogens with two attached hydrogens (primary N) is 1. The Labute approximate surface area is 186 Å². The molecule has 3 rings (SSSR count). The zero-order valence-corrected chi connectivity index (χ0v) is 18.3. The lowest BCUT2D eigenvalue weighted by Crippen LogP contribution is -2.48. The van der Waals surface area contributed by atoms with Crippen molar-refractivity contribution in [1.29, 1.82) is 0 Å². The quantitative estimate of drug-likeness (QED) is 0.353. The fourth-order valence-electron chi connectivity index (χ4n) is 3.39. The first kappa shape index (κ1) is 23.5. The van der Waals surface area contributed by atoms with Crippen LogP contribution in [0.25, 0.3) is 11.1 Å². The summed E-state index contributed by atoms with van der Waals surface area (Å²) in [5.41, 5.74) is 10.1. The topological polar surface area (TPSA) is 142 Å². The lowest BCUT2D eigenvalue weighted by atomic mass is 10.0. The Morgan fingerprint density at radius 3 is 2.06 bits per heavy atom. The van der Waals surface area contributed by atoms with Crippen LogP contribution >= 0.6 is 0 Å². The number of benzene rings is 2. The molecule has 1 aliphatic heterocycles. The monoisotopic (exact) mass is 458 g/mol. The normalized spacial score (nSPS) is 16.7. The molecule has 32 heavy (non-hydrogen) atoms. The summed E-state index contributed by atoms with van der Waals surface area (Å²) < 4.78 is 23.1. The molecule has 5 N–H and O–H groups in total. The van der Waals surface area contributed by atoms with Crippen LogP contribution < -0.4 is 16.5 Å². The van der Waals surface area contributed by atoms with Gasteiger partial charge in [0.2, 0.25) is 0 Å². The van der Waals surface area contributed by atoms with Crippen molar-refractivity contribution in [2.75, 3.05) is 24.6 Å². The number of amides is 2. The lowest BCUT2D eigenvalue weighted by molar-refractivity contribution is -0.130. The summed E-state index contributed by atoms with van der Waals surface area (Å²) in [6, 6.07) is 13.5. The molecule has 10 heteroatoms. The summed E-state index contributed by atoms with van der Waals surface area (Å²) in [6.07, 6.45) is 0. The Kier molecular flexibility index (Phi) is 7.29. The smallest absolute Gasteiger partial charge is 0.272 e. The highest BCUT2D eigenvalue weighted by Gasteiger charge is 2.23. The van der Waals surface area contributed by atoms with Crippen molar-refractivity contribution in [1.82, 2.24) is 15.7 Å². The van der Waals surface area contributed by atoms with Crippen LogP contribution in [0.5, 0.6) is 0 Å². The van der Waals surface area contributed by atoms with Gasteiger partial charge in [0.1, 0.15) is 6.04 Å². The maximum Gasteiger partial charge on any atom is 0.272 e. The van der Waals surface area contributed by atoms with E-state index in [4.69, 9.17) is 10.9 Å². The molecule has 0 bridgehead atoms. The number of rotatable bonds is 7. The number of nitrogens with zero attached hydrogens (tertiary/aromatic N) is 1. The molecular weight excluding hydrogens is 432 g/mol. The number of sulfone groups is 1. The molecule has 1 heterocycles. The third-order valence-electron chi connectivity index (χ3n) is 5.30. The van der Waals surface area contributed by atoms with Crippen molar-refractivity contribution >= 4 is 21.7 Å². The van der Waals surface area contributed by atoms with E-state index in [2.05, 4.69) is 16.8 Å². The highest BCUT2D eigenvalue weighted by atomic mass is 32.2. The van der Waals surface area contributed by atoms with Gasteiger partial charge in [0.25, 0.3) is 11.8 Å². The van der Waals surface area contributed by atoms with E-state index in [-0.39, 0.29) is 17.2 Å². The van der Waals surface area contributed by atoms with Crippen LogP contribution in [-0.2, 0) is 21.2 Å². The predicted octanol–water partition coefficient (Wildman–Crippen LogP) is 0.660. The standard InChI is InChI=1S/C22H26N4O5S/c1-15(23)20(22(28)25-29)24-21(27)19-8-6-18(7-9-19)17-4-2-16(3-5-17)14-26-10-12-32(30,31)13-11-26/h2-9,20,29H,1,10-14,23H2,(H,24,27)(H,25,28)/t20-/m0/s1. The van der Waals surface area contributed by atoms with Crippen LogP contribution in [0.3, 0.4) is 0 Å².